The number of nitrogens with zero attached hydrogens (tertiary/aromatic N) is 2. The van der Waals surface area contributed by atoms with Crippen molar-refractivity contribution in [3.8, 4) is 5.75 Å². The van der Waals surface area contributed by atoms with Gasteiger partial charge in [-0.05, 0) is 24.3 Å². The molecule has 0 aliphatic heterocycles. The molecule has 0 bridgehead atoms. The Morgan fingerprint density at radius 1 is 0.950 bits per heavy atom. The number of aromatic hydroxyl groups is 1. The average molecular weight is 291 g/mol. The van der Waals surface area contributed by atoms with Gasteiger partial charge >= 0.3 is 0 Å². The molecule has 0 radical (unpaired) electrons. The number of benzene rings is 2. The Bertz CT molecular complexity index is 954. The highest BCUT2D eigenvalue weighted by atomic mass is 32.2. The van der Waals surface area contributed by atoms with Crippen LogP contribution in [0, 0.1) is 0 Å². The van der Waals surface area contributed by atoms with Crippen molar-refractivity contribution in [1.82, 2.24) is 9.97 Å². The fraction of sp³-hybridized carbons (Fsp3) is 0. The maximum atomic E-state index is 11.1. The van der Waals surface area contributed by atoms with Crippen molar-refractivity contribution in [2.24, 2.45) is 0 Å². The Kier molecular flexibility index (Phi) is 2.53. The lowest BCUT2D eigenvalue weighted by molar-refractivity contribution is 0.478. The lowest BCUT2D eigenvalue weighted by Gasteiger charge is -2.04. The van der Waals surface area contributed by atoms with Gasteiger partial charge in [0.2, 0.25) is 0 Å². The number of phenols is 1. The summed E-state index contributed by atoms with van der Waals surface area (Å²) in [5, 5.41) is 9.54. The number of aromatic nitrogens is 2. The summed E-state index contributed by atoms with van der Waals surface area (Å²) in [6.45, 7) is 0. The maximum absolute atomic E-state index is 11.1. The van der Waals surface area contributed by atoms with Crippen LogP contribution >= 0.6 is 0 Å². The van der Waals surface area contributed by atoms with Crippen LogP contribution < -0.4 is 5.73 Å². The molecule has 20 heavy (non-hydrogen) atoms. The van der Waals surface area contributed by atoms with E-state index < -0.39 is 10.1 Å². The Hall–Kier alpha value is -2.45. The lowest BCUT2D eigenvalue weighted by Crippen LogP contribution is -1.98. The van der Waals surface area contributed by atoms with Crippen LogP contribution in [0.15, 0.2) is 35.2 Å². The van der Waals surface area contributed by atoms with E-state index in [9.17, 15) is 13.5 Å². The monoisotopic (exact) mass is 291 g/mol. The van der Waals surface area contributed by atoms with Crippen molar-refractivity contribution in [3.63, 3.8) is 0 Å². The van der Waals surface area contributed by atoms with Crippen molar-refractivity contribution < 1.29 is 18.1 Å². The molecule has 0 fully saturated rings. The smallest absolute Gasteiger partial charge is 0.294 e. The van der Waals surface area contributed by atoms with E-state index in [0.717, 1.165) is 0 Å². The van der Waals surface area contributed by atoms with Crippen LogP contribution in [0.5, 0.6) is 5.75 Å². The van der Waals surface area contributed by atoms with Crippen LogP contribution in [0.3, 0.4) is 0 Å². The number of nitrogens with two attached hydrogens (primary N) is 1. The molecule has 0 aliphatic carbocycles. The van der Waals surface area contributed by atoms with Crippen molar-refractivity contribution in [2.45, 2.75) is 4.90 Å². The van der Waals surface area contributed by atoms with Crippen LogP contribution in [-0.2, 0) is 10.1 Å². The summed E-state index contributed by atoms with van der Waals surface area (Å²) in [5.41, 5.74) is 7.36. The van der Waals surface area contributed by atoms with Crippen molar-refractivity contribution in [2.75, 3.05) is 5.73 Å². The minimum absolute atomic E-state index is 0.128. The summed E-state index contributed by atoms with van der Waals surface area (Å²) < 4.78 is 31.2. The fourth-order valence-corrected chi connectivity index (χ4v) is 2.37. The van der Waals surface area contributed by atoms with Crippen LogP contribution in [0.1, 0.15) is 0 Å². The number of anilines is 1. The normalized spacial score (nSPS) is 12.1. The standard InChI is InChI=1S/C12H9N3O4S/c13-7-4-10-11(5-12(7)16)15-9-3-6(20(17,18)19)1-2-8(9)14-10/h1-5,16H,13H2,(H,17,18,19). The molecule has 0 unspecified atom stereocenters. The van der Waals surface area contributed by atoms with E-state index in [-0.39, 0.29) is 21.8 Å². The van der Waals surface area contributed by atoms with E-state index >= 15 is 0 Å². The number of rotatable bonds is 1. The molecule has 8 heteroatoms. The molecule has 102 valence electrons. The van der Waals surface area contributed by atoms with Gasteiger partial charge in [0.1, 0.15) is 5.75 Å². The van der Waals surface area contributed by atoms with Gasteiger partial charge in [-0.3, -0.25) is 4.55 Å². The van der Waals surface area contributed by atoms with Gasteiger partial charge in [0.05, 0.1) is 32.6 Å². The molecule has 4 N–H and O–H groups in total. The fourth-order valence-electron chi connectivity index (χ4n) is 1.87. The third-order valence-corrected chi connectivity index (χ3v) is 3.70. The van der Waals surface area contributed by atoms with Crippen LogP contribution in [0.2, 0.25) is 0 Å². The van der Waals surface area contributed by atoms with Crippen molar-refractivity contribution in [3.05, 3.63) is 30.3 Å². The number of hydrogen-bond donors (Lipinski definition) is 3. The van der Waals surface area contributed by atoms with Crippen LogP contribution in [0.4, 0.5) is 5.69 Å². The van der Waals surface area contributed by atoms with Gasteiger partial charge in [-0.2, -0.15) is 8.42 Å². The van der Waals surface area contributed by atoms with Gasteiger partial charge in [-0.1, -0.05) is 0 Å². The SMILES string of the molecule is Nc1cc2nc3ccc(S(=O)(=O)O)cc3nc2cc1O. The molecule has 0 saturated carbocycles. The van der Waals surface area contributed by atoms with Crippen LogP contribution in [0.25, 0.3) is 22.1 Å². The second kappa shape index (κ2) is 4.02. The van der Waals surface area contributed by atoms with E-state index in [4.69, 9.17) is 10.3 Å². The summed E-state index contributed by atoms with van der Waals surface area (Å²) in [5.74, 6) is -0.128. The van der Waals surface area contributed by atoms with Gasteiger partial charge in [-0.15, -0.1) is 0 Å². The van der Waals surface area contributed by atoms with Gasteiger partial charge < -0.3 is 10.8 Å². The third-order valence-electron chi connectivity index (χ3n) is 2.85. The molecular weight excluding hydrogens is 282 g/mol. The molecule has 7 nitrogen and oxygen atoms in total. The molecule has 0 aliphatic rings. The summed E-state index contributed by atoms with van der Waals surface area (Å²) in [6.07, 6.45) is 0. The Morgan fingerprint density at radius 3 is 2.25 bits per heavy atom. The Balaban J connectivity index is 2.36. The molecule has 2 aromatic carbocycles. The zero-order valence-electron chi connectivity index (χ0n) is 9.98. The summed E-state index contributed by atoms with van der Waals surface area (Å²) in [6, 6.07) is 6.71. The summed E-state index contributed by atoms with van der Waals surface area (Å²) in [7, 11) is -4.30. The predicted octanol–water partition coefficient (Wildman–Crippen LogP) is 1.32. The molecule has 1 aromatic heterocycles. The quantitative estimate of drug-likeness (QED) is 0.267. The first-order valence-corrected chi connectivity index (χ1v) is 6.96. The summed E-state index contributed by atoms with van der Waals surface area (Å²) >= 11 is 0. The third kappa shape index (κ3) is 2.00. The molecule has 1 heterocycles. The van der Waals surface area contributed by atoms with Gasteiger partial charge in [-0.25, -0.2) is 9.97 Å². The molecule has 3 rings (SSSR count). The Morgan fingerprint density at radius 2 is 1.55 bits per heavy atom. The van der Waals surface area contributed by atoms with Crippen LogP contribution in [-0.4, -0.2) is 28.0 Å². The zero-order chi connectivity index (χ0) is 14.5. The first-order chi connectivity index (χ1) is 9.34. The molecule has 0 amide bonds. The molecule has 3 aromatic rings. The van der Waals surface area contributed by atoms with Gasteiger partial charge in [0.15, 0.2) is 0 Å². The van der Waals surface area contributed by atoms with Gasteiger partial charge in [0.25, 0.3) is 10.1 Å². The minimum Gasteiger partial charge on any atom is -0.506 e. The molecule has 0 atom stereocenters. The average Bonchev–Trinajstić information content (AvgIpc) is 2.36. The second-order valence-corrected chi connectivity index (χ2v) is 5.67. The molecular formula is C12H9N3O4S. The second-order valence-electron chi connectivity index (χ2n) is 4.25. The molecule has 0 spiro atoms. The topological polar surface area (TPSA) is 126 Å². The van der Waals surface area contributed by atoms with Crippen molar-refractivity contribution in [1.29, 1.82) is 0 Å². The first kappa shape index (κ1) is 12.6. The zero-order valence-corrected chi connectivity index (χ0v) is 10.8. The predicted molar refractivity (Wildman–Crippen MR) is 72.9 cm³/mol. The van der Waals surface area contributed by atoms with E-state index in [1.54, 1.807) is 0 Å². The van der Waals surface area contributed by atoms with E-state index in [1.807, 2.05) is 0 Å². The maximum Gasteiger partial charge on any atom is 0.294 e. The number of fused-ring (bicyclic) bond motifs is 2. The first-order valence-electron chi connectivity index (χ1n) is 5.52. The minimum atomic E-state index is -4.30. The van der Waals surface area contributed by atoms with Gasteiger partial charge in [0, 0.05) is 6.07 Å². The van der Waals surface area contributed by atoms with E-state index in [0.29, 0.717) is 16.6 Å². The number of phenolic OH excluding ortho intramolecular Hbond substituents is 1. The lowest BCUT2D eigenvalue weighted by atomic mass is 10.2. The Labute approximate surface area is 113 Å². The van der Waals surface area contributed by atoms with E-state index in [2.05, 4.69) is 9.97 Å². The highest BCUT2D eigenvalue weighted by Gasteiger charge is 2.12. The number of nitrogen functional groups attached to an aromatic ring is 1. The largest absolute Gasteiger partial charge is 0.506 e. The molecule has 0 saturated heterocycles. The summed E-state index contributed by atoms with van der Waals surface area (Å²) in [4.78, 5) is 8.21. The highest BCUT2D eigenvalue weighted by molar-refractivity contribution is 7.85. The number of hydrogen-bond acceptors (Lipinski definition) is 6. The van der Waals surface area contributed by atoms with Crippen molar-refractivity contribution >= 4 is 37.9 Å². The van der Waals surface area contributed by atoms with E-state index in [1.165, 1.54) is 30.3 Å². The highest BCUT2D eigenvalue weighted by Crippen LogP contribution is 2.26.